The second-order valence-electron chi connectivity index (χ2n) is 3.79. The Bertz CT molecular complexity index is 564. The van der Waals surface area contributed by atoms with Gasteiger partial charge in [-0.1, -0.05) is 6.07 Å². The van der Waals surface area contributed by atoms with Gasteiger partial charge in [0.15, 0.2) is 18.2 Å². The van der Waals surface area contributed by atoms with E-state index in [2.05, 4.69) is 0 Å². The number of hydrogen-bond donors (Lipinski definition) is 1. The predicted octanol–water partition coefficient (Wildman–Crippen LogP) is 1.06. The minimum Gasteiger partial charge on any atom is -0.324 e. The van der Waals surface area contributed by atoms with Crippen LogP contribution in [0.1, 0.15) is 20.0 Å². The molecular weight excluding hydrogens is 248 g/mol. The van der Waals surface area contributed by atoms with E-state index in [0.29, 0.717) is 5.56 Å². The molecule has 0 amide bonds. The topological polar surface area (TPSA) is 64.0 Å². The molecule has 0 aliphatic heterocycles. The van der Waals surface area contributed by atoms with Crippen LogP contribution in [-0.4, -0.2) is 18.1 Å². The zero-order valence-corrected chi connectivity index (χ0v) is 10.5. The van der Waals surface area contributed by atoms with E-state index >= 15 is 0 Å². The number of ketones is 2. The minimum absolute atomic E-state index is 0.0249. The molecule has 0 aliphatic rings. The van der Waals surface area contributed by atoms with Crippen molar-refractivity contribution in [1.82, 2.24) is 0 Å². The summed E-state index contributed by atoms with van der Waals surface area (Å²) in [6.45, 7) is 0.203. The van der Waals surface area contributed by atoms with Gasteiger partial charge >= 0.3 is 0 Å². The standard InChI is InChI=1S/C13H13N2O2S/c14-7-11(16)10-3-1-5-15(8-10)9-12(17)13-4-2-6-18-13/h1-6,8H,7,9,14H2/q+1. The molecular formula is C13H13N2O2S+. The Morgan fingerprint density at radius 1 is 1.22 bits per heavy atom. The molecule has 4 nitrogen and oxygen atoms in total. The second-order valence-corrected chi connectivity index (χ2v) is 4.74. The summed E-state index contributed by atoms with van der Waals surface area (Å²) >= 11 is 1.42. The van der Waals surface area contributed by atoms with E-state index in [0.717, 1.165) is 4.88 Å². The maximum Gasteiger partial charge on any atom is 0.237 e. The number of rotatable bonds is 5. The Kier molecular flexibility index (Phi) is 3.96. The third kappa shape index (κ3) is 2.88. The largest absolute Gasteiger partial charge is 0.324 e. The molecule has 0 saturated carbocycles. The van der Waals surface area contributed by atoms with Crippen molar-refractivity contribution in [3.8, 4) is 0 Å². The molecule has 2 rings (SSSR count). The highest BCUT2D eigenvalue weighted by atomic mass is 32.1. The second kappa shape index (κ2) is 5.66. The van der Waals surface area contributed by atoms with Crippen molar-refractivity contribution >= 4 is 22.9 Å². The van der Waals surface area contributed by atoms with Crippen molar-refractivity contribution in [1.29, 1.82) is 0 Å². The molecule has 0 aromatic carbocycles. The highest BCUT2D eigenvalue weighted by Gasteiger charge is 2.14. The third-order valence-electron chi connectivity index (χ3n) is 2.49. The lowest BCUT2D eigenvalue weighted by molar-refractivity contribution is -0.683. The molecule has 0 saturated heterocycles. The van der Waals surface area contributed by atoms with Gasteiger partial charge in [0.1, 0.15) is 0 Å². The van der Waals surface area contributed by atoms with Crippen molar-refractivity contribution in [2.75, 3.05) is 6.54 Å². The number of nitrogens with zero attached hydrogens (tertiary/aromatic N) is 1. The van der Waals surface area contributed by atoms with Gasteiger partial charge in [0, 0.05) is 6.07 Å². The fourth-order valence-corrected chi connectivity index (χ4v) is 2.24. The molecule has 2 heterocycles. The smallest absolute Gasteiger partial charge is 0.237 e. The van der Waals surface area contributed by atoms with Crippen molar-refractivity contribution in [3.05, 3.63) is 52.5 Å². The van der Waals surface area contributed by atoms with Gasteiger partial charge in [0.05, 0.1) is 17.0 Å². The molecule has 0 unspecified atom stereocenters. The number of pyridine rings is 1. The summed E-state index contributed by atoms with van der Waals surface area (Å²) in [4.78, 5) is 24.1. The molecule has 5 heteroatoms. The predicted molar refractivity (Wildman–Crippen MR) is 68.7 cm³/mol. The Morgan fingerprint density at radius 3 is 2.72 bits per heavy atom. The first kappa shape index (κ1) is 12.6. The first-order chi connectivity index (χ1) is 8.70. The van der Waals surface area contributed by atoms with E-state index in [1.807, 2.05) is 11.4 Å². The van der Waals surface area contributed by atoms with Crippen LogP contribution in [0.5, 0.6) is 0 Å². The summed E-state index contributed by atoms with van der Waals surface area (Å²) in [5.41, 5.74) is 5.84. The number of aromatic nitrogens is 1. The molecule has 2 N–H and O–H groups in total. The zero-order valence-electron chi connectivity index (χ0n) is 9.70. The number of carbonyl (C=O) groups excluding carboxylic acids is 2. The number of nitrogens with two attached hydrogens (primary N) is 1. The molecule has 2 aromatic rings. The summed E-state index contributed by atoms with van der Waals surface area (Å²) in [6, 6.07) is 7.07. The van der Waals surface area contributed by atoms with E-state index in [1.54, 1.807) is 35.2 Å². The maximum absolute atomic E-state index is 11.9. The summed E-state index contributed by atoms with van der Waals surface area (Å²) in [6.07, 6.45) is 3.42. The molecule has 0 aliphatic carbocycles. The van der Waals surface area contributed by atoms with Gasteiger partial charge in [-0.2, -0.15) is 4.57 Å². The van der Waals surface area contributed by atoms with Crippen LogP contribution >= 0.6 is 11.3 Å². The van der Waals surface area contributed by atoms with Crippen LogP contribution in [0.25, 0.3) is 0 Å². The third-order valence-corrected chi connectivity index (χ3v) is 3.40. The average Bonchev–Trinajstić information content (AvgIpc) is 2.92. The number of thiophene rings is 1. The average molecular weight is 261 g/mol. The molecule has 2 aromatic heterocycles. The van der Waals surface area contributed by atoms with Gasteiger partial charge in [0.2, 0.25) is 12.3 Å². The van der Waals surface area contributed by atoms with Crippen LogP contribution in [0.15, 0.2) is 42.0 Å². The van der Waals surface area contributed by atoms with E-state index in [1.165, 1.54) is 11.3 Å². The summed E-state index contributed by atoms with van der Waals surface area (Å²) in [5, 5.41) is 1.87. The van der Waals surface area contributed by atoms with E-state index in [4.69, 9.17) is 5.73 Å². The highest BCUT2D eigenvalue weighted by Crippen LogP contribution is 2.09. The quantitative estimate of drug-likeness (QED) is 0.646. The Hall–Kier alpha value is -1.85. The normalized spacial score (nSPS) is 10.3. The van der Waals surface area contributed by atoms with Crippen LogP contribution in [-0.2, 0) is 6.54 Å². The van der Waals surface area contributed by atoms with E-state index in [-0.39, 0.29) is 24.7 Å². The summed E-state index contributed by atoms with van der Waals surface area (Å²) in [7, 11) is 0. The SMILES string of the molecule is NCC(=O)c1ccc[n+](CC(=O)c2cccs2)c1. The number of Topliss-reactive ketones (excluding diaryl/α,β-unsaturated/α-hetero) is 2. The van der Waals surface area contributed by atoms with Gasteiger partial charge in [-0.25, -0.2) is 0 Å². The lowest BCUT2D eigenvalue weighted by Crippen LogP contribution is -2.38. The van der Waals surface area contributed by atoms with E-state index in [9.17, 15) is 9.59 Å². The van der Waals surface area contributed by atoms with Gasteiger partial charge in [0.25, 0.3) is 0 Å². The monoisotopic (exact) mass is 261 g/mol. The van der Waals surface area contributed by atoms with Gasteiger partial charge < -0.3 is 5.73 Å². The van der Waals surface area contributed by atoms with Crippen molar-refractivity contribution in [2.45, 2.75) is 6.54 Å². The van der Waals surface area contributed by atoms with Crippen LogP contribution < -0.4 is 10.3 Å². The van der Waals surface area contributed by atoms with Crippen molar-refractivity contribution in [3.63, 3.8) is 0 Å². The Balaban J connectivity index is 2.15. The van der Waals surface area contributed by atoms with Crippen LogP contribution in [0.4, 0.5) is 0 Å². The number of carbonyl (C=O) groups is 2. The molecule has 0 fully saturated rings. The van der Waals surface area contributed by atoms with Crippen molar-refractivity contribution < 1.29 is 14.2 Å². The van der Waals surface area contributed by atoms with Gasteiger partial charge in [-0.15, -0.1) is 11.3 Å². The summed E-state index contributed by atoms with van der Waals surface area (Å²) in [5.74, 6) is -0.0970. The molecule has 18 heavy (non-hydrogen) atoms. The molecule has 0 bridgehead atoms. The van der Waals surface area contributed by atoms with Crippen LogP contribution in [0, 0.1) is 0 Å². The highest BCUT2D eigenvalue weighted by molar-refractivity contribution is 7.12. The first-order valence-corrected chi connectivity index (χ1v) is 6.38. The van der Waals surface area contributed by atoms with E-state index < -0.39 is 0 Å². The van der Waals surface area contributed by atoms with Gasteiger partial charge in [-0.05, 0) is 17.5 Å². The Labute approximate surface area is 109 Å². The first-order valence-electron chi connectivity index (χ1n) is 5.50. The fourth-order valence-electron chi connectivity index (χ4n) is 1.58. The van der Waals surface area contributed by atoms with Crippen LogP contribution in [0.3, 0.4) is 0 Å². The van der Waals surface area contributed by atoms with Gasteiger partial charge in [-0.3, -0.25) is 9.59 Å². The number of hydrogen-bond acceptors (Lipinski definition) is 4. The molecule has 92 valence electrons. The molecule has 0 radical (unpaired) electrons. The maximum atomic E-state index is 11.9. The minimum atomic E-state index is -0.132. The van der Waals surface area contributed by atoms with Crippen LogP contribution in [0.2, 0.25) is 0 Å². The lowest BCUT2D eigenvalue weighted by atomic mass is 10.2. The zero-order chi connectivity index (χ0) is 13.0. The lowest BCUT2D eigenvalue weighted by Gasteiger charge is -1.98. The van der Waals surface area contributed by atoms with Crippen molar-refractivity contribution in [2.24, 2.45) is 5.73 Å². The fraction of sp³-hybridized carbons (Fsp3) is 0.154. The molecule has 0 atom stereocenters. The summed E-state index contributed by atoms with van der Waals surface area (Å²) < 4.78 is 1.70. The molecule has 0 spiro atoms. The Morgan fingerprint density at radius 2 is 2.06 bits per heavy atom.